The second-order valence-electron chi connectivity index (χ2n) is 7.41. The smallest absolute Gasteiger partial charge is 0.264 e. The van der Waals surface area contributed by atoms with Crippen LogP contribution >= 0.6 is 23.4 Å². The number of hydrogen-bond donors (Lipinski definition) is 1. The fourth-order valence-electron chi connectivity index (χ4n) is 3.58. The van der Waals surface area contributed by atoms with Crippen molar-refractivity contribution in [1.82, 2.24) is 9.88 Å². The van der Waals surface area contributed by atoms with Crippen molar-refractivity contribution in [1.29, 1.82) is 0 Å². The first-order chi connectivity index (χ1) is 14.3. The summed E-state index contributed by atoms with van der Waals surface area (Å²) in [5.41, 5.74) is 7.35. The molecule has 1 saturated heterocycles. The van der Waals surface area contributed by atoms with Crippen molar-refractivity contribution in [2.75, 3.05) is 0 Å². The second-order valence-corrected chi connectivity index (χ2v) is 8.88. The van der Waals surface area contributed by atoms with Gasteiger partial charge in [0.05, 0.1) is 10.6 Å². The zero-order valence-electron chi connectivity index (χ0n) is 17.3. The number of nitrogens with zero attached hydrogens (tertiary/aromatic N) is 2. The van der Waals surface area contributed by atoms with E-state index in [1.165, 1.54) is 17.3 Å². The van der Waals surface area contributed by atoms with Crippen molar-refractivity contribution in [2.24, 2.45) is 4.99 Å². The van der Waals surface area contributed by atoms with Crippen LogP contribution in [0.2, 0.25) is 5.02 Å². The van der Waals surface area contributed by atoms with Gasteiger partial charge in [0.2, 0.25) is 0 Å². The zero-order chi connectivity index (χ0) is 21.4. The lowest BCUT2D eigenvalue weighted by molar-refractivity contribution is -0.115. The molecule has 0 bridgehead atoms. The van der Waals surface area contributed by atoms with Crippen LogP contribution in [0.15, 0.2) is 58.4 Å². The summed E-state index contributed by atoms with van der Waals surface area (Å²) in [5.74, 6) is -0.125. The summed E-state index contributed by atoms with van der Waals surface area (Å²) in [5, 5.41) is 4.19. The normalized spacial score (nSPS) is 16.5. The van der Waals surface area contributed by atoms with Crippen molar-refractivity contribution < 1.29 is 4.79 Å². The van der Waals surface area contributed by atoms with E-state index in [2.05, 4.69) is 47.8 Å². The van der Waals surface area contributed by atoms with Gasteiger partial charge in [0.25, 0.3) is 5.91 Å². The molecule has 0 aliphatic carbocycles. The highest BCUT2D eigenvalue weighted by Crippen LogP contribution is 2.31. The Hall–Kier alpha value is -2.76. The average Bonchev–Trinajstić information content (AvgIpc) is 3.17. The molecule has 0 unspecified atom stereocenters. The van der Waals surface area contributed by atoms with E-state index in [4.69, 9.17) is 11.6 Å². The van der Waals surface area contributed by atoms with Gasteiger partial charge in [0, 0.05) is 22.1 Å². The summed E-state index contributed by atoms with van der Waals surface area (Å²) in [6.45, 7) is 8.18. The van der Waals surface area contributed by atoms with Gasteiger partial charge in [0.1, 0.15) is 0 Å². The van der Waals surface area contributed by atoms with E-state index < -0.39 is 0 Å². The zero-order valence-corrected chi connectivity index (χ0v) is 18.9. The molecule has 4 nitrogen and oxygen atoms in total. The number of aromatic nitrogens is 1. The van der Waals surface area contributed by atoms with Gasteiger partial charge in [-0.1, -0.05) is 29.3 Å². The van der Waals surface area contributed by atoms with Gasteiger partial charge in [-0.2, -0.15) is 0 Å². The third-order valence-electron chi connectivity index (χ3n) is 5.07. The van der Waals surface area contributed by atoms with Crippen molar-refractivity contribution in [3.8, 4) is 5.69 Å². The van der Waals surface area contributed by atoms with Crippen LogP contribution in [0.25, 0.3) is 11.8 Å². The van der Waals surface area contributed by atoms with Gasteiger partial charge in [-0.15, -0.1) is 0 Å². The average molecular weight is 436 g/mol. The lowest BCUT2D eigenvalue weighted by Crippen LogP contribution is -2.19. The molecular formula is C24H22ClN3OS. The summed E-state index contributed by atoms with van der Waals surface area (Å²) in [7, 11) is 0. The number of thioether (sulfide) groups is 1. The minimum atomic E-state index is -0.125. The largest absolute Gasteiger partial charge is 0.318 e. The highest BCUT2D eigenvalue weighted by atomic mass is 35.5. The maximum Gasteiger partial charge on any atom is 0.264 e. The van der Waals surface area contributed by atoms with E-state index >= 15 is 0 Å². The number of amides is 1. The lowest BCUT2D eigenvalue weighted by Gasteiger charge is -2.09. The standard InChI is InChI=1S/C24H22ClN3OS/c1-14-5-10-21(15(2)11-14)26-24-27-23(29)22(30-24)13-18-12-16(3)28(17(18)4)20-8-6-19(25)7-9-20/h5-13H,1-4H3,(H,26,27,29)/b22-13-. The Morgan fingerprint density at radius 2 is 1.77 bits per heavy atom. The number of halogens is 1. The van der Waals surface area contributed by atoms with Crippen LogP contribution in [-0.2, 0) is 4.79 Å². The molecule has 0 spiro atoms. The Morgan fingerprint density at radius 3 is 2.47 bits per heavy atom. The van der Waals surface area contributed by atoms with E-state index in [1.54, 1.807) is 0 Å². The van der Waals surface area contributed by atoms with Gasteiger partial charge < -0.3 is 9.88 Å². The minimum absolute atomic E-state index is 0.125. The van der Waals surface area contributed by atoms with Gasteiger partial charge in [-0.25, -0.2) is 4.99 Å². The summed E-state index contributed by atoms with van der Waals surface area (Å²) in [4.78, 5) is 17.8. The second kappa shape index (κ2) is 8.17. The predicted octanol–water partition coefficient (Wildman–Crippen LogP) is 6.26. The van der Waals surface area contributed by atoms with Gasteiger partial charge in [0.15, 0.2) is 5.17 Å². The first-order valence-electron chi connectivity index (χ1n) is 9.63. The van der Waals surface area contributed by atoms with Crippen LogP contribution in [0, 0.1) is 27.7 Å². The van der Waals surface area contributed by atoms with Crippen molar-refractivity contribution in [2.45, 2.75) is 27.7 Å². The maximum atomic E-state index is 12.5. The fourth-order valence-corrected chi connectivity index (χ4v) is 4.53. The molecule has 1 amide bonds. The SMILES string of the molecule is Cc1ccc(N=C2NC(=O)/C(=C/c3cc(C)n(-c4ccc(Cl)cc4)c3C)S2)c(C)c1. The summed E-state index contributed by atoms with van der Waals surface area (Å²) in [6, 6.07) is 15.9. The van der Waals surface area contributed by atoms with Crippen LogP contribution in [0.5, 0.6) is 0 Å². The number of nitrogens with one attached hydrogen (secondary N) is 1. The number of carbonyl (C=O) groups excluding carboxylic acids is 1. The third kappa shape index (κ3) is 4.09. The number of aliphatic imine (C=N–C) groups is 1. The molecule has 4 rings (SSSR count). The molecular weight excluding hydrogens is 414 g/mol. The molecule has 6 heteroatoms. The minimum Gasteiger partial charge on any atom is -0.318 e. The summed E-state index contributed by atoms with van der Waals surface area (Å²) >= 11 is 7.39. The monoisotopic (exact) mass is 435 g/mol. The number of carbonyl (C=O) groups is 1. The molecule has 2 heterocycles. The van der Waals surface area contributed by atoms with Crippen molar-refractivity contribution in [3.05, 3.63) is 86.5 Å². The third-order valence-corrected chi connectivity index (χ3v) is 6.23. The quantitative estimate of drug-likeness (QED) is 0.494. The van der Waals surface area contributed by atoms with Crippen LogP contribution in [0.3, 0.4) is 0 Å². The Bertz CT molecular complexity index is 1210. The number of hydrogen-bond acceptors (Lipinski definition) is 3. The Kier molecular flexibility index (Phi) is 5.58. The molecule has 1 aliphatic heterocycles. The number of aryl methyl sites for hydroxylation is 3. The molecule has 0 atom stereocenters. The highest BCUT2D eigenvalue weighted by molar-refractivity contribution is 8.18. The molecule has 30 heavy (non-hydrogen) atoms. The number of amidine groups is 1. The Morgan fingerprint density at radius 1 is 1.03 bits per heavy atom. The molecule has 1 N–H and O–H groups in total. The van der Waals surface area contributed by atoms with Gasteiger partial charge in [-0.05, 0) is 93.1 Å². The van der Waals surface area contributed by atoms with E-state index in [-0.39, 0.29) is 5.91 Å². The van der Waals surface area contributed by atoms with Crippen LogP contribution in [0.4, 0.5) is 5.69 Å². The number of benzene rings is 2. The van der Waals surface area contributed by atoms with Crippen molar-refractivity contribution in [3.63, 3.8) is 0 Å². The molecule has 1 aliphatic rings. The Balaban J connectivity index is 1.64. The maximum absolute atomic E-state index is 12.5. The van der Waals surface area contributed by atoms with E-state index in [0.29, 0.717) is 15.1 Å². The molecule has 1 aromatic heterocycles. The summed E-state index contributed by atoms with van der Waals surface area (Å²) in [6.07, 6.45) is 1.93. The van der Waals surface area contributed by atoms with Gasteiger partial charge in [-0.3, -0.25) is 4.79 Å². The van der Waals surface area contributed by atoms with E-state index in [9.17, 15) is 4.79 Å². The molecule has 152 valence electrons. The highest BCUT2D eigenvalue weighted by Gasteiger charge is 2.24. The first-order valence-corrected chi connectivity index (χ1v) is 10.8. The van der Waals surface area contributed by atoms with Crippen LogP contribution in [0.1, 0.15) is 28.1 Å². The van der Waals surface area contributed by atoms with E-state index in [0.717, 1.165) is 33.9 Å². The first kappa shape index (κ1) is 20.5. The molecule has 0 radical (unpaired) electrons. The van der Waals surface area contributed by atoms with Gasteiger partial charge >= 0.3 is 0 Å². The summed E-state index contributed by atoms with van der Waals surface area (Å²) < 4.78 is 2.16. The predicted molar refractivity (Wildman–Crippen MR) is 127 cm³/mol. The van der Waals surface area contributed by atoms with Crippen LogP contribution < -0.4 is 5.32 Å². The molecule has 1 fully saturated rings. The van der Waals surface area contributed by atoms with Crippen LogP contribution in [-0.4, -0.2) is 15.6 Å². The topological polar surface area (TPSA) is 46.4 Å². The lowest BCUT2D eigenvalue weighted by atomic mass is 10.1. The van der Waals surface area contributed by atoms with E-state index in [1.807, 2.05) is 49.4 Å². The number of rotatable bonds is 3. The molecule has 0 saturated carbocycles. The molecule has 3 aromatic rings. The fraction of sp³-hybridized carbons (Fsp3) is 0.167. The van der Waals surface area contributed by atoms with Crippen molar-refractivity contribution >= 4 is 46.2 Å². The molecule has 2 aromatic carbocycles. The Labute approximate surface area is 185 Å².